The number of benzene rings is 1. The number of carbonyl (C=O) groups excluding carboxylic acids is 4. The summed E-state index contributed by atoms with van der Waals surface area (Å²) < 4.78 is 0. The summed E-state index contributed by atoms with van der Waals surface area (Å²) in [5, 5.41) is 43.6. The summed E-state index contributed by atoms with van der Waals surface area (Å²) in [4.78, 5) is 52.2. The Morgan fingerprint density at radius 1 is 1.15 bits per heavy atom. The first kappa shape index (κ1) is 22.7. The van der Waals surface area contributed by atoms with Crippen LogP contribution >= 0.6 is 0 Å². The number of phenols is 1. The molecule has 10 heteroatoms. The number of carbonyl (C=O) groups is 4. The molecule has 0 aromatic heterocycles. The molecule has 33 heavy (non-hydrogen) atoms. The summed E-state index contributed by atoms with van der Waals surface area (Å²) >= 11 is 0. The number of rotatable bonds is 3. The third kappa shape index (κ3) is 2.87. The average Bonchev–Trinajstić information content (AvgIpc) is 2.70. The number of likely N-dealkylation sites (N-methyl/N-ethyl adjacent to an activating group) is 1. The molecule has 1 fully saturated rings. The van der Waals surface area contributed by atoms with Gasteiger partial charge in [0.2, 0.25) is 5.78 Å². The van der Waals surface area contributed by atoms with Crippen LogP contribution < -0.4 is 5.73 Å². The molecule has 3 unspecified atom stereocenters. The van der Waals surface area contributed by atoms with E-state index >= 15 is 0 Å². The number of aliphatic hydroxyl groups excluding tert-OH is 2. The van der Waals surface area contributed by atoms with Crippen LogP contribution in [0.3, 0.4) is 0 Å². The maximum Gasteiger partial charge on any atom is 0.255 e. The number of primary amides is 1. The minimum atomic E-state index is -2.68. The Bertz CT molecular complexity index is 1210. The number of aromatic hydroxyl groups is 1. The molecule has 0 bridgehead atoms. The number of hydrogen-bond acceptors (Lipinski definition) is 9. The van der Waals surface area contributed by atoms with Gasteiger partial charge in [0.05, 0.1) is 11.6 Å². The van der Waals surface area contributed by atoms with Gasteiger partial charge in [-0.1, -0.05) is 0 Å². The van der Waals surface area contributed by atoms with E-state index in [2.05, 4.69) is 0 Å². The first-order valence-electron chi connectivity index (χ1n) is 10.3. The molecule has 174 valence electrons. The van der Waals surface area contributed by atoms with Crippen molar-refractivity contribution in [2.24, 2.45) is 17.6 Å². The van der Waals surface area contributed by atoms with Crippen molar-refractivity contribution in [2.45, 2.75) is 31.4 Å². The fourth-order valence-electron chi connectivity index (χ4n) is 5.57. The zero-order valence-electron chi connectivity index (χ0n) is 18.2. The third-order valence-electron chi connectivity index (χ3n) is 6.98. The number of aliphatic hydroxyl groups is 3. The molecule has 0 saturated heterocycles. The normalized spacial score (nSPS) is 29.1. The van der Waals surface area contributed by atoms with Crippen LogP contribution in [-0.2, 0) is 20.8 Å². The molecule has 0 radical (unpaired) electrons. The molecule has 10 nitrogen and oxygen atoms in total. The first-order valence-corrected chi connectivity index (χ1v) is 10.3. The maximum absolute atomic E-state index is 13.6. The van der Waals surface area contributed by atoms with Gasteiger partial charge in [0.15, 0.2) is 17.2 Å². The predicted molar refractivity (Wildman–Crippen MR) is 114 cm³/mol. The van der Waals surface area contributed by atoms with E-state index in [0.29, 0.717) is 5.56 Å². The van der Waals surface area contributed by atoms with Crippen molar-refractivity contribution in [2.75, 3.05) is 14.1 Å². The largest absolute Gasteiger partial charge is 0.508 e. The summed E-state index contributed by atoms with van der Waals surface area (Å²) in [5.41, 5.74) is 2.01. The minimum Gasteiger partial charge on any atom is -0.508 e. The molecule has 3 aliphatic carbocycles. The molecule has 4 atom stereocenters. The molecule has 4 rings (SSSR count). The lowest BCUT2D eigenvalue weighted by Crippen LogP contribution is -2.65. The highest BCUT2D eigenvalue weighted by molar-refractivity contribution is 6.24. The van der Waals surface area contributed by atoms with E-state index in [1.165, 1.54) is 38.1 Å². The monoisotopic (exact) mass is 456 g/mol. The minimum absolute atomic E-state index is 0.0290. The van der Waals surface area contributed by atoms with Crippen molar-refractivity contribution in [3.05, 3.63) is 45.7 Å². The molecule has 0 heterocycles. The third-order valence-corrected chi connectivity index (χ3v) is 6.98. The van der Waals surface area contributed by atoms with E-state index in [1.807, 2.05) is 0 Å². The van der Waals surface area contributed by atoms with Gasteiger partial charge in [0.25, 0.3) is 5.91 Å². The Balaban J connectivity index is 2.00. The summed E-state index contributed by atoms with van der Waals surface area (Å²) in [6.07, 6.45) is 0.0522. The molecule has 0 spiro atoms. The maximum atomic E-state index is 13.6. The predicted octanol–water partition coefficient (Wildman–Crippen LogP) is 0.167. The van der Waals surface area contributed by atoms with Gasteiger partial charge in [-0.25, -0.2) is 0 Å². The highest BCUT2D eigenvalue weighted by Gasteiger charge is 2.64. The molecule has 1 saturated carbocycles. The fourth-order valence-corrected chi connectivity index (χ4v) is 5.57. The van der Waals surface area contributed by atoms with Crippen LogP contribution in [0.2, 0.25) is 0 Å². The second kappa shape index (κ2) is 7.26. The van der Waals surface area contributed by atoms with Gasteiger partial charge in [-0.15, -0.1) is 0 Å². The van der Waals surface area contributed by atoms with Crippen LogP contribution in [0.5, 0.6) is 5.75 Å². The average molecular weight is 456 g/mol. The molecule has 0 aliphatic heterocycles. The zero-order valence-corrected chi connectivity index (χ0v) is 18.2. The highest BCUT2D eigenvalue weighted by Crippen LogP contribution is 2.52. The van der Waals surface area contributed by atoms with E-state index in [1.54, 1.807) is 0 Å². The number of nitrogens with two attached hydrogens (primary N) is 1. The van der Waals surface area contributed by atoms with E-state index in [-0.39, 0.29) is 41.1 Å². The number of amides is 1. The number of hydrogen-bond donors (Lipinski definition) is 5. The van der Waals surface area contributed by atoms with E-state index < -0.39 is 58.0 Å². The molecule has 1 aromatic carbocycles. The van der Waals surface area contributed by atoms with E-state index in [9.17, 15) is 39.6 Å². The van der Waals surface area contributed by atoms with E-state index in [4.69, 9.17) is 5.73 Å². The summed E-state index contributed by atoms with van der Waals surface area (Å²) in [6.45, 7) is 1.34. The van der Waals surface area contributed by atoms with Gasteiger partial charge in [0, 0.05) is 17.1 Å². The van der Waals surface area contributed by atoms with Crippen molar-refractivity contribution in [3.8, 4) is 5.75 Å². The Kier molecular flexibility index (Phi) is 4.99. The van der Waals surface area contributed by atoms with Crippen LogP contribution in [0.15, 0.2) is 29.0 Å². The van der Waals surface area contributed by atoms with Crippen LogP contribution in [0.1, 0.15) is 34.8 Å². The standard InChI is InChI=1S/C23H24N2O8/c1-8(26)10-4-5-13(27)15-11(10)6-9-7-12-17(25(2)3)19(29)16(22(24)32)21(31)23(12,33)20(30)14(9)18(15)28/h4-5,9,12,17,27-28,31,33H,6-7H2,1-3H3,(H2,24,32)/t9?,12?,17?,23-/m0/s1. The number of ketones is 3. The lowest BCUT2D eigenvalue weighted by atomic mass is 9.57. The Morgan fingerprint density at radius 3 is 2.33 bits per heavy atom. The molecule has 1 amide bonds. The Hall–Kier alpha value is -3.50. The van der Waals surface area contributed by atoms with Crippen molar-refractivity contribution < 1.29 is 39.6 Å². The molecular formula is C23H24N2O8. The number of fused-ring (bicyclic) bond motifs is 3. The van der Waals surface area contributed by atoms with Crippen LogP contribution in [0.25, 0.3) is 5.76 Å². The summed E-state index contributed by atoms with van der Waals surface area (Å²) in [6, 6.07) is 1.50. The zero-order chi connectivity index (χ0) is 24.6. The SMILES string of the molecule is CC(=O)c1ccc(O)c2c1CC1CC3C(N(C)C)C(=O)C(C(N)=O)=C(O)[C@@]3(O)C(=O)C1=C2O. The lowest BCUT2D eigenvalue weighted by Gasteiger charge is -2.50. The second-order valence-electron chi connectivity index (χ2n) is 9.00. The topological polar surface area (TPSA) is 178 Å². The van der Waals surface area contributed by atoms with Gasteiger partial charge in [-0.3, -0.25) is 24.1 Å². The van der Waals surface area contributed by atoms with Crippen molar-refractivity contribution >= 4 is 29.0 Å². The summed E-state index contributed by atoms with van der Waals surface area (Å²) in [7, 11) is 3.05. The second-order valence-corrected chi connectivity index (χ2v) is 9.00. The van der Waals surface area contributed by atoms with Crippen LogP contribution in [-0.4, -0.2) is 74.3 Å². The Morgan fingerprint density at radius 2 is 1.79 bits per heavy atom. The van der Waals surface area contributed by atoms with Crippen molar-refractivity contribution in [1.82, 2.24) is 4.90 Å². The van der Waals surface area contributed by atoms with Crippen LogP contribution in [0.4, 0.5) is 0 Å². The smallest absolute Gasteiger partial charge is 0.255 e. The number of phenolic OH excluding ortho intramolecular Hbond substituents is 1. The van der Waals surface area contributed by atoms with Crippen LogP contribution in [0, 0.1) is 11.8 Å². The fraction of sp³-hybridized carbons (Fsp3) is 0.391. The van der Waals surface area contributed by atoms with Crippen molar-refractivity contribution in [3.63, 3.8) is 0 Å². The number of Topliss-reactive ketones (excluding diaryl/α,β-unsaturated/α-hetero) is 3. The van der Waals surface area contributed by atoms with Gasteiger partial charge >= 0.3 is 0 Å². The van der Waals surface area contributed by atoms with E-state index in [0.717, 1.165) is 0 Å². The van der Waals surface area contributed by atoms with Gasteiger partial charge in [-0.2, -0.15) is 0 Å². The molecule has 6 N–H and O–H groups in total. The Labute approximate surface area is 188 Å². The number of nitrogens with zero attached hydrogens (tertiary/aromatic N) is 1. The van der Waals surface area contributed by atoms with Gasteiger partial charge in [0.1, 0.15) is 22.8 Å². The van der Waals surface area contributed by atoms with Gasteiger partial charge < -0.3 is 26.2 Å². The molecular weight excluding hydrogens is 432 g/mol. The first-order chi connectivity index (χ1) is 15.3. The highest BCUT2D eigenvalue weighted by atomic mass is 16.3. The van der Waals surface area contributed by atoms with Gasteiger partial charge in [-0.05, 0) is 57.5 Å². The summed E-state index contributed by atoms with van der Waals surface area (Å²) in [5.74, 6) is -7.48. The quantitative estimate of drug-likeness (QED) is 0.313. The molecule has 3 aliphatic rings. The van der Waals surface area contributed by atoms with Crippen molar-refractivity contribution in [1.29, 1.82) is 0 Å². The molecule has 1 aromatic rings. The lowest BCUT2D eigenvalue weighted by molar-refractivity contribution is -0.153.